The molecule has 2 rings (SSSR count). The monoisotopic (exact) mass is 346 g/mol. The van der Waals surface area contributed by atoms with Crippen LogP contribution in [0.3, 0.4) is 0 Å². The maximum absolute atomic E-state index is 11.0. The zero-order valence-corrected chi connectivity index (χ0v) is 15.2. The molecular formula is C19H23BrO. The lowest BCUT2D eigenvalue weighted by Gasteiger charge is -2.23. The van der Waals surface area contributed by atoms with E-state index in [1.54, 1.807) is 0 Å². The highest BCUT2D eigenvalue weighted by atomic mass is 79.9. The molecule has 0 heterocycles. The van der Waals surface area contributed by atoms with Gasteiger partial charge in [0.1, 0.15) is 6.10 Å². The molecule has 0 amide bonds. The summed E-state index contributed by atoms with van der Waals surface area (Å²) in [6.45, 7) is 12.7. The van der Waals surface area contributed by atoms with Crippen molar-refractivity contribution in [3.63, 3.8) is 0 Å². The van der Waals surface area contributed by atoms with Crippen molar-refractivity contribution >= 4 is 15.9 Å². The van der Waals surface area contributed by atoms with Crippen LogP contribution in [0.2, 0.25) is 0 Å². The number of halogens is 1. The summed E-state index contributed by atoms with van der Waals surface area (Å²) < 4.78 is 0.954. The molecule has 21 heavy (non-hydrogen) atoms. The summed E-state index contributed by atoms with van der Waals surface area (Å²) >= 11 is 3.57. The second-order valence-corrected chi connectivity index (χ2v) is 6.82. The normalized spacial score (nSPS) is 12.6. The summed E-state index contributed by atoms with van der Waals surface area (Å²) in [5.74, 6) is 0. The molecule has 0 spiro atoms. The molecule has 0 saturated heterocycles. The molecule has 0 radical (unpaired) electrons. The van der Waals surface area contributed by atoms with E-state index >= 15 is 0 Å². The molecule has 0 bridgehead atoms. The van der Waals surface area contributed by atoms with Crippen molar-refractivity contribution in [3.8, 4) is 0 Å². The SMILES string of the molecule is Cc1ccc(Br)c(C(O)c2c(C)c(C)c(C)c(C)c2C)c1. The van der Waals surface area contributed by atoms with Crippen molar-refractivity contribution in [2.24, 2.45) is 0 Å². The van der Waals surface area contributed by atoms with Crippen molar-refractivity contribution in [1.29, 1.82) is 0 Å². The Morgan fingerprint density at radius 1 is 0.810 bits per heavy atom. The van der Waals surface area contributed by atoms with Gasteiger partial charge < -0.3 is 5.11 Å². The first-order valence-electron chi connectivity index (χ1n) is 7.26. The van der Waals surface area contributed by atoms with Gasteiger partial charge in [-0.2, -0.15) is 0 Å². The Kier molecular flexibility index (Phi) is 4.60. The topological polar surface area (TPSA) is 20.2 Å². The number of hydrogen-bond acceptors (Lipinski definition) is 1. The average Bonchev–Trinajstić information content (AvgIpc) is 2.45. The molecule has 2 aromatic rings. The van der Waals surface area contributed by atoms with Crippen LogP contribution >= 0.6 is 15.9 Å². The minimum Gasteiger partial charge on any atom is -0.384 e. The molecule has 2 aromatic carbocycles. The van der Waals surface area contributed by atoms with E-state index in [-0.39, 0.29) is 0 Å². The van der Waals surface area contributed by atoms with E-state index in [1.165, 1.54) is 27.8 Å². The summed E-state index contributed by atoms with van der Waals surface area (Å²) in [7, 11) is 0. The van der Waals surface area contributed by atoms with Gasteiger partial charge >= 0.3 is 0 Å². The van der Waals surface area contributed by atoms with E-state index in [4.69, 9.17) is 0 Å². The predicted octanol–water partition coefficient (Wildman–Crippen LogP) is 5.38. The summed E-state index contributed by atoms with van der Waals surface area (Å²) in [4.78, 5) is 0. The van der Waals surface area contributed by atoms with Gasteiger partial charge in [-0.1, -0.05) is 33.6 Å². The minimum absolute atomic E-state index is 0.600. The Labute approximate surface area is 136 Å². The summed E-state index contributed by atoms with van der Waals surface area (Å²) in [5, 5.41) is 11.0. The van der Waals surface area contributed by atoms with Gasteiger partial charge in [0.2, 0.25) is 0 Å². The van der Waals surface area contributed by atoms with Crippen LogP contribution in [0, 0.1) is 41.5 Å². The molecule has 0 aliphatic heterocycles. The van der Waals surface area contributed by atoms with Crippen LogP contribution in [0.15, 0.2) is 22.7 Å². The molecule has 112 valence electrons. The highest BCUT2D eigenvalue weighted by Crippen LogP contribution is 2.36. The van der Waals surface area contributed by atoms with E-state index in [9.17, 15) is 5.11 Å². The molecule has 0 aliphatic carbocycles. The summed E-state index contributed by atoms with van der Waals surface area (Å²) in [5.41, 5.74) is 9.39. The van der Waals surface area contributed by atoms with Crippen LogP contribution in [0.25, 0.3) is 0 Å². The van der Waals surface area contributed by atoms with Gasteiger partial charge in [0, 0.05) is 4.47 Å². The van der Waals surface area contributed by atoms with E-state index in [0.717, 1.165) is 21.2 Å². The Balaban J connectivity index is 2.69. The van der Waals surface area contributed by atoms with Crippen molar-refractivity contribution in [3.05, 3.63) is 67.2 Å². The number of aliphatic hydroxyl groups excluding tert-OH is 1. The number of aliphatic hydroxyl groups is 1. The first-order chi connectivity index (χ1) is 9.75. The fourth-order valence-corrected chi connectivity index (χ4v) is 3.43. The number of rotatable bonds is 2. The Hall–Kier alpha value is -1.12. The molecule has 0 saturated carbocycles. The number of aryl methyl sites for hydroxylation is 1. The van der Waals surface area contributed by atoms with Crippen LogP contribution in [0.4, 0.5) is 0 Å². The maximum atomic E-state index is 11.0. The standard InChI is InChI=1S/C19H23BrO/c1-10-7-8-17(20)16(9-10)19(21)18-14(5)12(3)11(2)13(4)15(18)6/h7-9,19,21H,1-6H3. The lowest BCUT2D eigenvalue weighted by atomic mass is 9.85. The molecule has 0 fully saturated rings. The molecule has 0 aromatic heterocycles. The van der Waals surface area contributed by atoms with Gasteiger partial charge in [0.15, 0.2) is 0 Å². The fraction of sp³-hybridized carbons (Fsp3) is 0.368. The van der Waals surface area contributed by atoms with Gasteiger partial charge in [-0.25, -0.2) is 0 Å². The van der Waals surface area contributed by atoms with Crippen molar-refractivity contribution in [1.82, 2.24) is 0 Å². The molecule has 1 N–H and O–H groups in total. The first-order valence-corrected chi connectivity index (χ1v) is 8.06. The third-order valence-corrected chi connectivity index (χ3v) is 5.50. The predicted molar refractivity (Wildman–Crippen MR) is 93.1 cm³/mol. The van der Waals surface area contributed by atoms with Crippen molar-refractivity contribution in [2.45, 2.75) is 47.6 Å². The van der Waals surface area contributed by atoms with Crippen LogP contribution in [0.1, 0.15) is 50.6 Å². The quantitative estimate of drug-likeness (QED) is 0.773. The molecule has 1 nitrogen and oxygen atoms in total. The van der Waals surface area contributed by atoms with E-state index < -0.39 is 6.10 Å². The summed E-state index contributed by atoms with van der Waals surface area (Å²) in [6, 6.07) is 6.11. The molecular weight excluding hydrogens is 324 g/mol. The third kappa shape index (κ3) is 2.79. The average molecular weight is 347 g/mol. The van der Waals surface area contributed by atoms with Crippen LogP contribution < -0.4 is 0 Å². The van der Waals surface area contributed by atoms with Gasteiger partial charge in [0.05, 0.1) is 0 Å². The number of benzene rings is 2. The molecule has 0 aliphatic rings. The first kappa shape index (κ1) is 16.3. The van der Waals surface area contributed by atoms with Crippen LogP contribution in [0.5, 0.6) is 0 Å². The largest absolute Gasteiger partial charge is 0.384 e. The van der Waals surface area contributed by atoms with E-state index in [0.29, 0.717) is 0 Å². The smallest absolute Gasteiger partial charge is 0.106 e. The van der Waals surface area contributed by atoms with Crippen LogP contribution in [-0.2, 0) is 0 Å². The minimum atomic E-state index is -0.600. The van der Waals surface area contributed by atoms with Crippen molar-refractivity contribution < 1.29 is 5.11 Å². The third-order valence-electron chi connectivity index (χ3n) is 4.78. The van der Waals surface area contributed by atoms with Crippen LogP contribution in [-0.4, -0.2) is 5.11 Å². The highest BCUT2D eigenvalue weighted by Gasteiger charge is 2.21. The molecule has 1 atom stereocenters. The summed E-state index contributed by atoms with van der Waals surface area (Å²) in [6.07, 6.45) is -0.600. The second-order valence-electron chi connectivity index (χ2n) is 5.97. The number of hydrogen-bond donors (Lipinski definition) is 1. The molecule has 2 heteroatoms. The van der Waals surface area contributed by atoms with Gasteiger partial charge in [-0.15, -0.1) is 0 Å². The second kappa shape index (κ2) is 5.94. The Morgan fingerprint density at radius 3 is 1.81 bits per heavy atom. The molecule has 1 unspecified atom stereocenters. The Bertz CT molecular complexity index is 672. The fourth-order valence-electron chi connectivity index (χ4n) is 2.97. The van der Waals surface area contributed by atoms with Gasteiger partial charge in [-0.05, 0) is 86.6 Å². The van der Waals surface area contributed by atoms with Gasteiger partial charge in [-0.3, -0.25) is 0 Å². The maximum Gasteiger partial charge on any atom is 0.106 e. The lowest BCUT2D eigenvalue weighted by molar-refractivity contribution is 0.217. The zero-order valence-electron chi connectivity index (χ0n) is 13.6. The zero-order chi connectivity index (χ0) is 15.9. The Morgan fingerprint density at radius 2 is 1.29 bits per heavy atom. The van der Waals surface area contributed by atoms with Crippen molar-refractivity contribution in [2.75, 3.05) is 0 Å². The highest BCUT2D eigenvalue weighted by molar-refractivity contribution is 9.10. The lowest BCUT2D eigenvalue weighted by Crippen LogP contribution is -2.10. The van der Waals surface area contributed by atoms with E-state index in [2.05, 4.69) is 56.6 Å². The van der Waals surface area contributed by atoms with E-state index in [1.807, 2.05) is 19.1 Å². The van der Waals surface area contributed by atoms with Gasteiger partial charge in [0.25, 0.3) is 0 Å².